The Labute approximate surface area is 281 Å². The molecule has 2 fully saturated rings. The highest BCUT2D eigenvalue weighted by atomic mass is 16.8. The molecule has 276 valence electrons. The minimum Gasteiger partial charge on any atom is -0.457 e. The van der Waals surface area contributed by atoms with Gasteiger partial charge in [-0.05, 0) is 0 Å². The first-order valence-corrected chi connectivity index (χ1v) is 14.9. The van der Waals surface area contributed by atoms with Gasteiger partial charge in [-0.1, -0.05) is 6.08 Å². The normalized spacial score (nSPS) is 30.0. The van der Waals surface area contributed by atoms with Crippen LogP contribution in [0.1, 0.15) is 48.5 Å². The summed E-state index contributed by atoms with van der Waals surface area (Å²) in [6, 6.07) is 0. The molecule has 0 aromatic rings. The van der Waals surface area contributed by atoms with Crippen LogP contribution in [0, 0.1) is 0 Å². The number of hydrogen-bond acceptors (Lipinski definition) is 19. The van der Waals surface area contributed by atoms with Gasteiger partial charge < -0.3 is 57.2 Å². The Morgan fingerprint density at radius 1 is 0.592 bits per heavy atom. The lowest BCUT2D eigenvalue weighted by atomic mass is 9.94. The topological polar surface area (TPSA) is 241 Å². The molecule has 49 heavy (non-hydrogen) atoms. The van der Waals surface area contributed by atoms with Gasteiger partial charge in [0.2, 0.25) is 0 Å². The first-order valence-electron chi connectivity index (χ1n) is 14.9. The predicted molar refractivity (Wildman–Crippen MR) is 155 cm³/mol. The van der Waals surface area contributed by atoms with Crippen LogP contribution in [0.25, 0.3) is 0 Å². The second kappa shape index (κ2) is 19.1. The largest absolute Gasteiger partial charge is 0.457 e. The number of ether oxygens (including phenoxy) is 11. The molecule has 0 saturated carbocycles. The van der Waals surface area contributed by atoms with Crippen molar-refractivity contribution in [2.24, 2.45) is 0 Å². The van der Waals surface area contributed by atoms with E-state index in [1.54, 1.807) is 0 Å². The van der Waals surface area contributed by atoms with Gasteiger partial charge in [0.15, 0.2) is 55.3 Å². The average molecular weight is 707 g/mol. The van der Waals surface area contributed by atoms with E-state index in [1.807, 2.05) is 0 Å². The summed E-state index contributed by atoms with van der Waals surface area (Å²) in [5, 5.41) is 10.1. The average Bonchev–Trinajstić information content (AvgIpc) is 2.97. The Morgan fingerprint density at radius 3 is 1.43 bits per heavy atom. The number of carbonyl (C=O) groups is 7. The van der Waals surface area contributed by atoms with Gasteiger partial charge in [-0.2, -0.15) is 0 Å². The third-order valence-electron chi connectivity index (χ3n) is 6.60. The first kappa shape index (κ1) is 41.0. The highest BCUT2D eigenvalue weighted by Crippen LogP contribution is 2.34. The van der Waals surface area contributed by atoms with E-state index in [9.17, 15) is 38.7 Å². The minimum atomic E-state index is -1.75. The summed E-state index contributed by atoms with van der Waals surface area (Å²) in [4.78, 5) is 84.8. The molecule has 0 amide bonds. The van der Waals surface area contributed by atoms with Crippen molar-refractivity contribution in [2.75, 3.05) is 19.8 Å². The maximum Gasteiger partial charge on any atom is 0.303 e. The zero-order valence-corrected chi connectivity index (χ0v) is 28.1. The number of rotatable bonds is 15. The molecule has 2 rings (SSSR count). The second-order valence-corrected chi connectivity index (χ2v) is 10.7. The van der Waals surface area contributed by atoms with Gasteiger partial charge in [0.1, 0.15) is 12.2 Å². The van der Waals surface area contributed by atoms with Crippen LogP contribution in [-0.4, -0.2) is 134 Å². The Bertz CT molecular complexity index is 1220. The quantitative estimate of drug-likeness (QED) is 0.124. The molecule has 11 atom stereocenters. The van der Waals surface area contributed by atoms with Crippen LogP contribution in [0.15, 0.2) is 12.7 Å². The third-order valence-corrected chi connectivity index (χ3v) is 6.60. The Kier molecular flexibility index (Phi) is 16.0. The summed E-state index contributed by atoms with van der Waals surface area (Å²) in [7, 11) is 0. The molecule has 0 radical (unpaired) electrons. The molecule has 19 nitrogen and oxygen atoms in total. The van der Waals surface area contributed by atoms with Gasteiger partial charge in [-0.15, -0.1) is 6.58 Å². The molecule has 2 aliphatic rings. The van der Waals surface area contributed by atoms with E-state index >= 15 is 0 Å². The van der Waals surface area contributed by atoms with E-state index < -0.39 is 123 Å². The van der Waals surface area contributed by atoms with Crippen molar-refractivity contribution >= 4 is 41.8 Å². The van der Waals surface area contributed by atoms with E-state index in [2.05, 4.69) is 6.58 Å². The highest BCUT2D eigenvalue weighted by Gasteiger charge is 2.57. The number of carbonyl (C=O) groups excluding carboxylic acids is 7. The summed E-state index contributed by atoms with van der Waals surface area (Å²) in [6.45, 7) is 9.19. The maximum atomic E-state index is 12.2. The fraction of sp³-hybridized carbons (Fsp3) is 0.700. The lowest BCUT2D eigenvalue weighted by Gasteiger charge is -2.47. The minimum absolute atomic E-state index is 0.136. The molecule has 1 N–H and O–H groups in total. The maximum absolute atomic E-state index is 12.2. The summed E-state index contributed by atoms with van der Waals surface area (Å²) >= 11 is 0. The van der Waals surface area contributed by atoms with Gasteiger partial charge in [0.05, 0.1) is 19.8 Å². The standard InChI is InChI=1S/C30H42O19/c1-9-10-39-29-27(46-18(7)37)25(44-16(5)35)23(42-14(3)33)21(48-29)12-40-30-28(47-19(8)38)26(45-17(6)36)24(43-15(4)34)22(49-30)20(11-31)41-13(2)32/h9,20-31H,1,10-12H2,2-8H3/t20-,21+,22+,23+,24+,25-,26-,27+,28-,29-,30-/m0/s1. The number of aliphatic hydroxyl groups is 1. The summed E-state index contributed by atoms with van der Waals surface area (Å²) in [6.07, 6.45) is -15.7. The van der Waals surface area contributed by atoms with Crippen molar-refractivity contribution in [1.82, 2.24) is 0 Å². The molecule has 0 aliphatic carbocycles. The molecular weight excluding hydrogens is 664 g/mol. The van der Waals surface area contributed by atoms with Crippen molar-refractivity contribution < 1.29 is 90.8 Å². The van der Waals surface area contributed by atoms with Crippen LogP contribution < -0.4 is 0 Å². The molecule has 2 saturated heterocycles. The lowest BCUT2D eigenvalue weighted by Crippen LogP contribution is -2.66. The third kappa shape index (κ3) is 12.3. The van der Waals surface area contributed by atoms with Gasteiger partial charge >= 0.3 is 41.8 Å². The molecule has 0 bridgehead atoms. The van der Waals surface area contributed by atoms with Gasteiger partial charge in [0, 0.05) is 48.5 Å². The predicted octanol–water partition coefficient (Wildman–Crippen LogP) is -0.830. The second-order valence-electron chi connectivity index (χ2n) is 10.7. The van der Waals surface area contributed by atoms with Gasteiger partial charge in [-0.25, -0.2) is 0 Å². The summed E-state index contributed by atoms with van der Waals surface area (Å²) in [5.74, 6) is -6.12. The molecule has 2 heterocycles. The molecule has 0 unspecified atom stereocenters. The van der Waals surface area contributed by atoms with E-state index in [1.165, 1.54) is 6.08 Å². The van der Waals surface area contributed by atoms with Crippen molar-refractivity contribution in [2.45, 2.75) is 116 Å². The molecule has 0 spiro atoms. The van der Waals surface area contributed by atoms with Crippen molar-refractivity contribution in [3.63, 3.8) is 0 Å². The SMILES string of the molecule is C=CCO[C@H]1O[C@H](CO[C@H]2O[C@H]([C@H](CO)OC(C)=O)[C@@H](OC(C)=O)[C@H](OC(C)=O)[C@@H]2OC(C)=O)[C@@H](OC(C)=O)[C@H](OC(C)=O)[C@H]1OC(C)=O. The number of hydrogen-bond donors (Lipinski definition) is 1. The lowest BCUT2D eigenvalue weighted by molar-refractivity contribution is -0.338. The number of aliphatic hydroxyl groups excluding tert-OH is 1. The molecular formula is C30H42O19. The Balaban J connectivity index is 2.63. The van der Waals surface area contributed by atoms with E-state index in [0.29, 0.717) is 0 Å². The zero-order chi connectivity index (χ0) is 37.0. The number of esters is 7. The monoisotopic (exact) mass is 706 g/mol. The zero-order valence-electron chi connectivity index (χ0n) is 28.1. The highest BCUT2D eigenvalue weighted by molar-refractivity contribution is 5.69. The molecule has 2 aliphatic heterocycles. The van der Waals surface area contributed by atoms with Crippen LogP contribution in [0.3, 0.4) is 0 Å². The van der Waals surface area contributed by atoms with Crippen LogP contribution in [-0.2, 0) is 85.7 Å². The van der Waals surface area contributed by atoms with E-state index in [0.717, 1.165) is 48.5 Å². The van der Waals surface area contributed by atoms with Crippen molar-refractivity contribution in [1.29, 1.82) is 0 Å². The summed E-state index contributed by atoms with van der Waals surface area (Å²) < 4.78 is 61.1. The van der Waals surface area contributed by atoms with Crippen molar-refractivity contribution in [3.8, 4) is 0 Å². The summed E-state index contributed by atoms with van der Waals surface area (Å²) in [5.41, 5.74) is 0. The van der Waals surface area contributed by atoms with E-state index in [4.69, 9.17) is 52.1 Å². The smallest absolute Gasteiger partial charge is 0.303 e. The fourth-order valence-electron chi connectivity index (χ4n) is 5.13. The van der Waals surface area contributed by atoms with E-state index in [-0.39, 0.29) is 6.61 Å². The van der Waals surface area contributed by atoms with Crippen molar-refractivity contribution in [3.05, 3.63) is 12.7 Å². The van der Waals surface area contributed by atoms with Gasteiger partial charge in [0.25, 0.3) is 0 Å². The van der Waals surface area contributed by atoms with Crippen LogP contribution >= 0.6 is 0 Å². The van der Waals surface area contributed by atoms with Crippen LogP contribution in [0.5, 0.6) is 0 Å². The fourth-order valence-corrected chi connectivity index (χ4v) is 5.13. The Hall–Kier alpha value is -4.17. The Morgan fingerprint density at radius 2 is 1.00 bits per heavy atom. The molecule has 19 heteroatoms. The van der Waals surface area contributed by atoms with Crippen LogP contribution in [0.4, 0.5) is 0 Å². The molecule has 0 aromatic heterocycles. The van der Waals surface area contributed by atoms with Crippen LogP contribution in [0.2, 0.25) is 0 Å². The van der Waals surface area contributed by atoms with Gasteiger partial charge in [-0.3, -0.25) is 33.6 Å². The molecule has 0 aromatic carbocycles. The first-order chi connectivity index (χ1) is 23.0.